The predicted octanol–water partition coefficient (Wildman–Crippen LogP) is 3.96. The zero-order chi connectivity index (χ0) is 12.3. The molecule has 2 rings (SSSR count). The summed E-state index contributed by atoms with van der Waals surface area (Å²) >= 11 is 0. The van der Waals surface area contributed by atoms with E-state index in [9.17, 15) is 5.11 Å². The Morgan fingerprint density at radius 2 is 1.94 bits per heavy atom. The second-order valence-corrected chi connectivity index (χ2v) is 5.13. The van der Waals surface area contributed by atoms with Gasteiger partial charge in [0.1, 0.15) is 5.75 Å². The highest BCUT2D eigenvalue weighted by atomic mass is 35.5. The van der Waals surface area contributed by atoms with Crippen molar-refractivity contribution in [3.8, 4) is 5.75 Å². The van der Waals surface area contributed by atoms with Crippen LogP contribution in [0.4, 0.5) is 0 Å². The lowest BCUT2D eigenvalue weighted by atomic mass is 9.81. The maximum Gasteiger partial charge on any atom is 0.123 e. The highest BCUT2D eigenvalue weighted by Crippen LogP contribution is 2.37. The Morgan fingerprint density at radius 3 is 2.56 bits per heavy atom. The number of nitrogens with two attached hydrogens (primary N) is 1. The highest BCUT2D eigenvalue weighted by molar-refractivity contribution is 5.85. The minimum absolute atomic E-state index is 0. The van der Waals surface area contributed by atoms with Crippen LogP contribution in [0.15, 0.2) is 18.2 Å². The largest absolute Gasteiger partial charge is 0.507 e. The van der Waals surface area contributed by atoms with Crippen molar-refractivity contribution in [1.29, 1.82) is 0 Å². The molecule has 1 aliphatic carbocycles. The molecule has 0 aromatic heterocycles. The van der Waals surface area contributed by atoms with E-state index in [0.29, 0.717) is 11.7 Å². The van der Waals surface area contributed by atoms with E-state index in [1.54, 1.807) is 0 Å². The van der Waals surface area contributed by atoms with Crippen LogP contribution in [0.1, 0.15) is 56.2 Å². The molecule has 3 N–H and O–H groups in total. The van der Waals surface area contributed by atoms with E-state index >= 15 is 0 Å². The van der Waals surface area contributed by atoms with E-state index in [-0.39, 0.29) is 18.4 Å². The first-order valence-corrected chi connectivity index (χ1v) is 6.80. The fourth-order valence-electron chi connectivity index (χ4n) is 2.91. The zero-order valence-corrected chi connectivity index (χ0v) is 11.9. The zero-order valence-electron chi connectivity index (χ0n) is 11.1. The SMILES string of the molecule is CCc1cccc([C@@H](N)C2CCCCC2)c1O.Cl. The maximum atomic E-state index is 10.2. The van der Waals surface area contributed by atoms with Gasteiger partial charge in [-0.05, 0) is 30.7 Å². The quantitative estimate of drug-likeness (QED) is 0.873. The number of aryl methyl sites for hydroxylation is 1. The topological polar surface area (TPSA) is 46.2 Å². The van der Waals surface area contributed by atoms with Crippen LogP contribution >= 0.6 is 12.4 Å². The molecule has 0 radical (unpaired) electrons. The third-order valence-corrected chi connectivity index (χ3v) is 4.05. The van der Waals surface area contributed by atoms with Crippen LogP contribution in [-0.2, 0) is 6.42 Å². The van der Waals surface area contributed by atoms with E-state index in [1.807, 2.05) is 18.2 Å². The molecule has 1 saturated carbocycles. The third kappa shape index (κ3) is 3.18. The van der Waals surface area contributed by atoms with Gasteiger partial charge < -0.3 is 10.8 Å². The van der Waals surface area contributed by atoms with Gasteiger partial charge in [0.2, 0.25) is 0 Å². The van der Waals surface area contributed by atoms with Gasteiger partial charge in [-0.2, -0.15) is 0 Å². The van der Waals surface area contributed by atoms with Crippen LogP contribution in [0.3, 0.4) is 0 Å². The van der Waals surface area contributed by atoms with Gasteiger partial charge in [-0.25, -0.2) is 0 Å². The average molecular weight is 270 g/mol. The van der Waals surface area contributed by atoms with Crippen LogP contribution in [-0.4, -0.2) is 5.11 Å². The van der Waals surface area contributed by atoms with Crippen molar-refractivity contribution in [2.45, 2.75) is 51.5 Å². The van der Waals surface area contributed by atoms with Gasteiger partial charge in [0.25, 0.3) is 0 Å². The Bertz CT molecular complexity index is 375. The van der Waals surface area contributed by atoms with Crippen molar-refractivity contribution in [3.05, 3.63) is 29.3 Å². The normalized spacial score (nSPS) is 18.1. The molecular formula is C15H24ClNO. The van der Waals surface area contributed by atoms with Gasteiger partial charge in [-0.3, -0.25) is 0 Å². The van der Waals surface area contributed by atoms with Gasteiger partial charge in [0.15, 0.2) is 0 Å². The summed E-state index contributed by atoms with van der Waals surface area (Å²) in [6.07, 6.45) is 7.17. The number of aromatic hydroxyl groups is 1. The molecule has 18 heavy (non-hydrogen) atoms. The van der Waals surface area contributed by atoms with Gasteiger partial charge in [-0.15, -0.1) is 12.4 Å². The van der Waals surface area contributed by atoms with E-state index < -0.39 is 0 Å². The molecule has 2 nitrogen and oxygen atoms in total. The molecule has 0 unspecified atom stereocenters. The molecule has 1 atom stereocenters. The summed E-state index contributed by atoms with van der Waals surface area (Å²) in [5.41, 5.74) is 8.28. The maximum absolute atomic E-state index is 10.2. The molecule has 1 aromatic carbocycles. The van der Waals surface area contributed by atoms with Crippen molar-refractivity contribution < 1.29 is 5.11 Å². The molecule has 0 amide bonds. The molecule has 1 aliphatic rings. The fraction of sp³-hybridized carbons (Fsp3) is 0.600. The predicted molar refractivity (Wildman–Crippen MR) is 78.2 cm³/mol. The molecule has 0 saturated heterocycles. The standard InChI is InChI=1S/C15H23NO.ClH/c1-2-11-9-6-10-13(15(11)17)14(16)12-7-4-3-5-8-12;/h6,9-10,12,14,17H,2-5,7-8,16H2,1H3;1H/t14-;/m0./s1. The molecule has 3 heteroatoms. The Balaban J connectivity index is 0.00000162. The second-order valence-electron chi connectivity index (χ2n) is 5.13. The number of para-hydroxylation sites is 1. The monoisotopic (exact) mass is 269 g/mol. The molecule has 0 spiro atoms. The Kier molecular flexibility index (Phi) is 5.97. The van der Waals surface area contributed by atoms with Crippen LogP contribution in [0.2, 0.25) is 0 Å². The summed E-state index contributed by atoms with van der Waals surface area (Å²) in [6.45, 7) is 2.06. The van der Waals surface area contributed by atoms with E-state index in [0.717, 1.165) is 17.5 Å². The number of hydrogen-bond acceptors (Lipinski definition) is 2. The number of benzene rings is 1. The number of phenolic OH excluding ortho intramolecular Hbond substituents is 1. The average Bonchev–Trinajstić information content (AvgIpc) is 2.39. The van der Waals surface area contributed by atoms with E-state index in [2.05, 4.69) is 6.92 Å². The van der Waals surface area contributed by atoms with Crippen LogP contribution in [0, 0.1) is 5.92 Å². The van der Waals surface area contributed by atoms with Gasteiger partial charge in [-0.1, -0.05) is 44.4 Å². The molecular weight excluding hydrogens is 246 g/mol. The Hall–Kier alpha value is -0.730. The summed E-state index contributed by atoms with van der Waals surface area (Å²) in [7, 11) is 0. The molecule has 102 valence electrons. The summed E-state index contributed by atoms with van der Waals surface area (Å²) in [5, 5.41) is 10.2. The fourth-order valence-corrected chi connectivity index (χ4v) is 2.91. The number of rotatable bonds is 3. The van der Waals surface area contributed by atoms with Crippen LogP contribution < -0.4 is 5.73 Å². The lowest BCUT2D eigenvalue weighted by molar-refractivity contribution is 0.302. The van der Waals surface area contributed by atoms with Crippen molar-refractivity contribution in [3.63, 3.8) is 0 Å². The molecule has 0 aliphatic heterocycles. The second kappa shape index (κ2) is 7.01. The number of halogens is 1. The third-order valence-electron chi connectivity index (χ3n) is 4.05. The van der Waals surface area contributed by atoms with Crippen molar-refractivity contribution >= 4 is 12.4 Å². The first-order valence-electron chi connectivity index (χ1n) is 6.80. The Labute approximate surface area is 116 Å². The minimum Gasteiger partial charge on any atom is -0.507 e. The van der Waals surface area contributed by atoms with Gasteiger partial charge in [0.05, 0.1) is 0 Å². The molecule has 1 aromatic rings. The van der Waals surface area contributed by atoms with E-state index in [4.69, 9.17) is 5.73 Å². The summed E-state index contributed by atoms with van der Waals surface area (Å²) in [5.74, 6) is 0.967. The first kappa shape index (κ1) is 15.3. The van der Waals surface area contributed by atoms with E-state index in [1.165, 1.54) is 32.1 Å². The van der Waals surface area contributed by atoms with Crippen molar-refractivity contribution in [1.82, 2.24) is 0 Å². The summed E-state index contributed by atoms with van der Waals surface area (Å²) in [6, 6.07) is 5.97. The summed E-state index contributed by atoms with van der Waals surface area (Å²) in [4.78, 5) is 0. The Morgan fingerprint density at radius 1 is 1.28 bits per heavy atom. The van der Waals surface area contributed by atoms with Crippen molar-refractivity contribution in [2.75, 3.05) is 0 Å². The van der Waals surface area contributed by atoms with Crippen LogP contribution in [0.25, 0.3) is 0 Å². The highest BCUT2D eigenvalue weighted by Gasteiger charge is 2.24. The number of hydrogen-bond donors (Lipinski definition) is 2. The molecule has 1 fully saturated rings. The van der Waals surface area contributed by atoms with Gasteiger partial charge in [0, 0.05) is 11.6 Å². The van der Waals surface area contributed by atoms with Crippen LogP contribution in [0.5, 0.6) is 5.75 Å². The number of phenols is 1. The lowest BCUT2D eigenvalue weighted by Gasteiger charge is -2.28. The van der Waals surface area contributed by atoms with Crippen molar-refractivity contribution in [2.24, 2.45) is 11.7 Å². The minimum atomic E-state index is 0. The van der Waals surface area contributed by atoms with Gasteiger partial charge >= 0.3 is 0 Å². The lowest BCUT2D eigenvalue weighted by Crippen LogP contribution is -2.23. The molecule has 0 heterocycles. The first-order chi connectivity index (χ1) is 8.24. The smallest absolute Gasteiger partial charge is 0.123 e. The summed E-state index contributed by atoms with van der Waals surface area (Å²) < 4.78 is 0. The molecule has 0 bridgehead atoms.